The molecule has 0 aliphatic heterocycles. The van der Waals surface area contributed by atoms with E-state index in [9.17, 15) is 17.6 Å². The van der Waals surface area contributed by atoms with E-state index in [0.29, 0.717) is 0 Å². The molecular formula is C11H7F4N3. The molecule has 18 heavy (non-hydrogen) atoms. The second-order valence-electron chi connectivity index (χ2n) is 3.53. The maximum absolute atomic E-state index is 12.8. The minimum atomic E-state index is -4.55. The van der Waals surface area contributed by atoms with Crippen LogP contribution >= 0.6 is 0 Å². The van der Waals surface area contributed by atoms with Gasteiger partial charge in [-0.1, -0.05) is 0 Å². The largest absolute Gasteiger partial charge is 0.417 e. The van der Waals surface area contributed by atoms with Gasteiger partial charge in [0.25, 0.3) is 0 Å². The first-order chi connectivity index (χ1) is 8.38. The summed E-state index contributed by atoms with van der Waals surface area (Å²) in [5.41, 5.74) is 4.40. The van der Waals surface area contributed by atoms with Crippen LogP contribution in [0.3, 0.4) is 0 Å². The van der Waals surface area contributed by atoms with Crippen LogP contribution in [0.25, 0.3) is 11.4 Å². The van der Waals surface area contributed by atoms with Gasteiger partial charge in [0.15, 0.2) is 11.6 Å². The number of anilines is 1. The number of nitrogens with zero attached hydrogens (tertiary/aromatic N) is 2. The lowest BCUT2D eigenvalue weighted by Crippen LogP contribution is -2.08. The molecule has 0 saturated heterocycles. The quantitative estimate of drug-likeness (QED) is 0.631. The highest BCUT2D eigenvalue weighted by molar-refractivity contribution is 5.66. The third-order valence-electron chi connectivity index (χ3n) is 2.21. The molecule has 0 radical (unpaired) electrons. The highest BCUT2D eigenvalue weighted by atomic mass is 19.4. The van der Waals surface area contributed by atoms with Gasteiger partial charge in [-0.05, 0) is 18.2 Å². The van der Waals surface area contributed by atoms with Crippen LogP contribution in [0, 0.1) is 5.82 Å². The number of rotatable bonds is 1. The van der Waals surface area contributed by atoms with Crippen molar-refractivity contribution in [3.05, 3.63) is 42.0 Å². The number of benzene rings is 1. The number of hydrogen-bond donors (Lipinski definition) is 1. The van der Waals surface area contributed by atoms with Crippen LogP contribution in [0.1, 0.15) is 5.56 Å². The molecule has 1 aromatic carbocycles. The molecule has 0 aliphatic rings. The normalized spacial score (nSPS) is 11.6. The summed E-state index contributed by atoms with van der Waals surface area (Å²) >= 11 is 0. The number of halogens is 4. The lowest BCUT2D eigenvalue weighted by Gasteiger charge is -2.12. The molecule has 0 spiro atoms. The summed E-state index contributed by atoms with van der Waals surface area (Å²) in [5.74, 6) is -0.952. The van der Waals surface area contributed by atoms with E-state index in [4.69, 9.17) is 5.73 Å². The Morgan fingerprint density at radius 3 is 2.22 bits per heavy atom. The predicted molar refractivity (Wildman–Crippen MR) is 56.8 cm³/mol. The Hall–Kier alpha value is -2.18. The predicted octanol–water partition coefficient (Wildman–Crippen LogP) is 2.88. The van der Waals surface area contributed by atoms with Crippen molar-refractivity contribution >= 4 is 5.69 Å². The van der Waals surface area contributed by atoms with Crippen LogP contribution < -0.4 is 5.73 Å². The molecule has 0 aliphatic carbocycles. The molecule has 1 heterocycles. The van der Waals surface area contributed by atoms with Gasteiger partial charge in [-0.2, -0.15) is 13.2 Å². The van der Waals surface area contributed by atoms with Gasteiger partial charge in [-0.15, -0.1) is 0 Å². The van der Waals surface area contributed by atoms with Crippen molar-refractivity contribution in [1.82, 2.24) is 9.97 Å². The van der Waals surface area contributed by atoms with Gasteiger partial charge >= 0.3 is 6.18 Å². The zero-order chi connectivity index (χ0) is 13.3. The van der Waals surface area contributed by atoms with Crippen molar-refractivity contribution in [3.63, 3.8) is 0 Å². The third-order valence-corrected chi connectivity index (χ3v) is 2.21. The van der Waals surface area contributed by atoms with E-state index in [2.05, 4.69) is 9.97 Å². The van der Waals surface area contributed by atoms with Gasteiger partial charge in [-0.3, -0.25) is 0 Å². The maximum Gasteiger partial charge on any atom is 0.417 e. The van der Waals surface area contributed by atoms with Gasteiger partial charge in [0.05, 0.1) is 18.0 Å². The zero-order valence-electron chi connectivity index (χ0n) is 8.87. The van der Waals surface area contributed by atoms with Gasteiger partial charge in [0.1, 0.15) is 0 Å². The number of hydrogen-bond acceptors (Lipinski definition) is 3. The summed E-state index contributed by atoms with van der Waals surface area (Å²) in [6.07, 6.45) is -2.96. The average Bonchev–Trinajstić information content (AvgIpc) is 2.28. The minimum absolute atomic E-state index is 0.144. The van der Waals surface area contributed by atoms with Crippen LogP contribution in [-0.2, 0) is 6.18 Å². The second kappa shape index (κ2) is 4.25. The molecule has 3 nitrogen and oxygen atoms in total. The van der Waals surface area contributed by atoms with Gasteiger partial charge < -0.3 is 5.73 Å². The Balaban J connectivity index is 2.62. The number of aromatic nitrogens is 2. The summed E-state index contributed by atoms with van der Waals surface area (Å²) in [5, 5.41) is 0. The highest BCUT2D eigenvalue weighted by Gasteiger charge is 2.34. The Labute approximate surface area is 99.3 Å². The molecule has 0 atom stereocenters. The van der Waals surface area contributed by atoms with E-state index in [0.717, 1.165) is 30.6 Å². The van der Waals surface area contributed by atoms with Crippen molar-refractivity contribution < 1.29 is 17.6 Å². The first kappa shape index (κ1) is 12.3. The molecule has 0 bridgehead atoms. The van der Waals surface area contributed by atoms with Crippen LogP contribution in [0.2, 0.25) is 0 Å². The van der Waals surface area contributed by atoms with Crippen LogP contribution in [0.15, 0.2) is 30.6 Å². The van der Waals surface area contributed by atoms with Gasteiger partial charge in [-0.25, -0.2) is 14.4 Å². The van der Waals surface area contributed by atoms with Crippen molar-refractivity contribution in [3.8, 4) is 11.4 Å². The average molecular weight is 257 g/mol. The lowest BCUT2D eigenvalue weighted by molar-refractivity contribution is -0.137. The number of alkyl halides is 3. The number of nitrogen functional groups attached to an aromatic ring is 1. The minimum Gasteiger partial charge on any atom is -0.399 e. The lowest BCUT2D eigenvalue weighted by atomic mass is 10.1. The molecule has 2 N–H and O–H groups in total. The zero-order valence-corrected chi connectivity index (χ0v) is 8.87. The van der Waals surface area contributed by atoms with Gasteiger partial charge in [0, 0.05) is 11.3 Å². The van der Waals surface area contributed by atoms with Gasteiger partial charge in [0.2, 0.25) is 0 Å². The SMILES string of the molecule is Nc1ccc(C(F)(F)F)c(-c2ncc(F)cn2)c1. The Kier molecular flexibility index (Phi) is 2.90. The maximum atomic E-state index is 12.8. The Bertz CT molecular complexity index is 563. The fourth-order valence-corrected chi connectivity index (χ4v) is 1.45. The molecular weight excluding hydrogens is 250 g/mol. The molecule has 0 fully saturated rings. The summed E-state index contributed by atoms with van der Waals surface area (Å²) in [7, 11) is 0. The van der Waals surface area contributed by atoms with E-state index < -0.39 is 17.6 Å². The Morgan fingerprint density at radius 1 is 1.06 bits per heavy atom. The molecule has 2 aromatic rings. The van der Waals surface area contributed by atoms with E-state index in [1.165, 1.54) is 0 Å². The fraction of sp³-hybridized carbons (Fsp3) is 0.0909. The molecule has 1 aromatic heterocycles. The summed E-state index contributed by atoms with van der Waals surface area (Å²) < 4.78 is 51.0. The molecule has 7 heteroatoms. The standard InChI is InChI=1S/C11H7F4N3/c12-6-4-17-10(18-5-6)8-3-7(16)1-2-9(8)11(13,14)15/h1-5H,16H2. The summed E-state index contributed by atoms with van der Waals surface area (Å²) in [6, 6.07) is 3.09. The van der Waals surface area contributed by atoms with E-state index in [1.807, 2.05) is 0 Å². The summed E-state index contributed by atoms with van der Waals surface area (Å²) in [4.78, 5) is 7.04. The number of nitrogens with two attached hydrogens (primary N) is 1. The molecule has 2 rings (SSSR count). The summed E-state index contributed by atoms with van der Waals surface area (Å²) in [6.45, 7) is 0. The first-order valence-electron chi connectivity index (χ1n) is 4.82. The van der Waals surface area contributed by atoms with E-state index in [-0.39, 0.29) is 17.1 Å². The monoisotopic (exact) mass is 257 g/mol. The van der Waals surface area contributed by atoms with Crippen molar-refractivity contribution in [1.29, 1.82) is 0 Å². The van der Waals surface area contributed by atoms with E-state index in [1.54, 1.807) is 0 Å². The highest BCUT2D eigenvalue weighted by Crippen LogP contribution is 2.36. The molecule has 0 unspecified atom stereocenters. The first-order valence-corrected chi connectivity index (χ1v) is 4.82. The topological polar surface area (TPSA) is 51.8 Å². The van der Waals surface area contributed by atoms with Crippen molar-refractivity contribution in [2.45, 2.75) is 6.18 Å². The van der Waals surface area contributed by atoms with E-state index >= 15 is 0 Å². The van der Waals surface area contributed by atoms with Crippen LogP contribution in [-0.4, -0.2) is 9.97 Å². The molecule has 0 saturated carbocycles. The third kappa shape index (κ3) is 2.39. The smallest absolute Gasteiger partial charge is 0.399 e. The van der Waals surface area contributed by atoms with Crippen molar-refractivity contribution in [2.75, 3.05) is 5.73 Å². The fourth-order valence-electron chi connectivity index (χ4n) is 1.45. The van der Waals surface area contributed by atoms with Crippen LogP contribution in [0.4, 0.5) is 23.2 Å². The second-order valence-corrected chi connectivity index (χ2v) is 3.53. The Morgan fingerprint density at radius 2 is 1.67 bits per heavy atom. The molecule has 0 amide bonds. The molecule has 94 valence electrons. The van der Waals surface area contributed by atoms with Crippen LogP contribution in [0.5, 0.6) is 0 Å². The van der Waals surface area contributed by atoms with Crippen molar-refractivity contribution in [2.24, 2.45) is 0 Å².